The molecule has 2 rings (SSSR count). The normalized spacial score (nSPS) is 10.6. The first kappa shape index (κ1) is 18.5. The van der Waals surface area contributed by atoms with Crippen molar-refractivity contribution in [3.05, 3.63) is 34.0 Å². The molecule has 0 saturated carbocycles. The first-order chi connectivity index (χ1) is 11.8. The third-order valence-corrected chi connectivity index (χ3v) is 4.36. The Morgan fingerprint density at radius 2 is 1.88 bits per heavy atom. The number of methoxy groups -OCH3 is 2. The van der Waals surface area contributed by atoms with Crippen molar-refractivity contribution in [2.45, 2.75) is 13.5 Å². The number of carbonyl (C=O) groups excluding carboxylic acids is 3. The van der Waals surface area contributed by atoms with E-state index in [1.165, 1.54) is 14.0 Å². The molecule has 11 heteroatoms. The Balaban J connectivity index is 2.38. The monoisotopic (exact) mass is 373 g/mol. The Kier molecular flexibility index (Phi) is 5.47. The number of rotatable bonds is 5. The maximum atomic E-state index is 12.5. The minimum Gasteiger partial charge on any atom is -0.465 e. The van der Waals surface area contributed by atoms with Crippen LogP contribution >= 0.6 is 11.3 Å². The Morgan fingerprint density at radius 1 is 1.24 bits per heavy atom. The molecular formula is C14H13F2N3O5S. The number of amides is 1. The number of halogens is 2. The van der Waals surface area contributed by atoms with Crippen molar-refractivity contribution >= 4 is 34.2 Å². The van der Waals surface area contributed by atoms with E-state index in [-0.39, 0.29) is 26.7 Å². The third kappa shape index (κ3) is 3.65. The van der Waals surface area contributed by atoms with E-state index in [0.29, 0.717) is 4.68 Å². The van der Waals surface area contributed by atoms with Gasteiger partial charge in [0.25, 0.3) is 5.91 Å². The molecular weight excluding hydrogens is 360 g/mol. The van der Waals surface area contributed by atoms with Crippen LogP contribution in [0.1, 0.15) is 42.6 Å². The highest BCUT2D eigenvalue weighted by molar-refractivity contribution is 7.18. The fraction of sp³-hybridized carbons (Fsp3) is 0.286. The van der Waals surface area contributed by atoms with E-state index >= 15 is 0 Å². The lowest BCUT2D eigenvalue weighted by atomic mass is 10.1. The maximum absolute atomic E-state index is 12.5. The van der Waals surface area contributed by atoms with Gasteiger partial charge in [0.1, 0.15) is 9.88 Å². The predicted molar refractivity (Wildman–Crippen MR) is 83.2 cm³/mol. The van der Waals surface area contributed by atoms with Gasteiger partial charge in [-0.15, -0.1) is 11.3 Å². The van der Waals surface area contributed by atoms with Crippen LogP contribution in [0.15, 0.2) is 12.3 Å². The minimum atomic E-state index is -2.89. The number of hydrogen-bond acceptors (Lipinski definition) is 7. The van der Waals surface area contributed by atoms with Crippen molar-refractivity contribution in [2.24, 2.45) is 0 Å². The van der Waals surface area contributed by atoms with Gasteiger partial charge in [-0.05, 0) is 18.6 Å². The SMILES string of the molecule is COC(=O)c1sc(NC(=O)c2ccn(C(F)F)n2)c(C(=O)OC)c1C. The van der Waals surface area contributed by atoms with E-state index in [2.05, 4.69) is 19.9 Å². The molecule has 0 fully saturated rings. The molecule has 2 aromatic rings. The molecule has 25 heavy (non-hydrogen) atoms. The van der Waals surface area contributed by atoms with Gasteiger partial charge >= 0.3 is 18.5 Å². The van der Waals surface area contributed by atoms with Gasteiger partial charge in [0.05, 0.1) is 19.8 Å². The molecule has 0 aliphatic rings. The zero-order valence-corrected chi connectivity index (χ0v) is 14.1. The number of nitrogens with zero attached hydrogens (tertiary/aromatic N) is 2. The second-order valence-electron chi connectivity index (χ2n) is 4.66. The summed E-state index contributed by atoms with van der Waals surface area (Å²) in [7, 11) is 2.32. The summed E-state index contributed by atoms with van der Waals surface area (Å²) in [5.74, 6) is -2.27. The van der Waals surface area contributed by atoms with Gasteiger partial charge in [-0.3, -0.25) is 4.79 Å². The van der Waals surface area contributed by atoms with E-state index in [0.717, 1.165) is 30.7 Å². The fourth-order valence-electron chi connectivity index (χ4n) is 1.97. The molecule has 0 aliphatic heterocycles. The second kappa shape index (κ2) is 7.38. The first-order valence-corrected chi connectivity index (χ1v) is 7.56. The summed E-state index contributed by atoms with van der Waals surface area (Å²) in [6.45, 7) is -1.39. The van der Waals surface area contributed by atoms with Crippen LogP contribution in [0.5, 0.6) is 0 Å². The zero-order chi connectivity index (χ0) is 18.7. The van der Waals surface area contributed by atoms with E-state index < -0.39 is 24.4 Å². The van der Waals surface area contributed by atoms with Crippen LogP contribution in [0, 0.1) is 6.92 Å². The van der Waals surface area contributed by atoms with Crippen LogP contribution < -0.4 is 5.32 Å². The number of ether oxygens (including phenoxy) is 2. The van der Waals surface area contributed by atoms with Crippen molar-refractivity contribution in [3.63, 3.8) is 0 Å². The third-order valence-electron chi connectivity index (χ3n) is 3.18. The highest BCUT2D eigenvalue weighted by Gasteiger charge is 2.27. The smallest absolute Gasteiger partial charge is 0.348 e. The van der Waals surface area contributed by atoms with Gasteiger partial charge in [0.15, 0.2) is 5.69 Å². The first-order valence-electron chi connectivity index (χ1n) is 6.74. The van der Waals surface area contributed by atoms with Crippen LogP contribution in [0.25, 0.3) is 0 Å². The Bertz CT molecular complexity index is 831. The second-order valence-corrected chi connectivity index (χ2v) is 5.68. The number of aromatic nitrogens is 2. The minimum absolute atomic E-state index is 0.0189. The number of carbonyl (C=O) groups is 3. The lowest BCUT2D eigenvalue weighted by Gasteiger charge is -2.04. The van der Waals surface area contributed by atoms with Gasteiger partial charge in [-0.25, -0.2) is 14.3 Å². The highest BCUT2D eigenvalue weighted by Crippen LogP contribution is 2.34. The van der Waals surface area contributed by atoms with E-state index in [9.17, 15) is 23.2 Å². The summed E-state index contributed by atoms with van der Waals surface area (Å²) < 4.78 is 34.7. The van der Waals surface area contributed by atoms with Crippen LogP contribution in [0.2, 0.25) is 0 Å². The number of alkyl halides is 2. The average molecular weight is 373 g/mol. The van der Waals surface area contributed by atoms with Gasteiger partial charge in [0.2, 0.25) is 0 Å². The zero-order valence-electron chi connectivity index (χ0n) is 13.3. The summed E-state index contributed by atoms with van der Waals surface area (Å²) >= 11 is 0.809. The number of esters is 2. The van der Waals surface area contributed by atoms with Crippen molar-refractivity contribution in [1.29, 1.82) is 0 Å². The van der Waals surface area contributed by atoms with Crippen molar-refractivity contribution in [2.75, 3.05) is 19.5 Å². The molecule has 0 atom stereocenters. The Hall–Kier alpha value is -2.82. The molecule has 0 aromatic carbocycles. The lowest BCUT2D eigenvalue weighted by Crippen LogP contribution is -2.15. The van der Waals surface area contributed by atoms with E-state index in [1.54, 1.807) is 0 Å². The summed E-state index contributed by atoms with van der Waals surface area (Å²) in [5.41, 5.74) is -0.0200. The molecule has 2 aromatic heterocycles. The predicted octanol–water partition coefficient (Wildman–Crippen LogP) is 2.47. The maximum Gasteiger partial charge on any atom is 0.348 e. The van der Waals surface area contributed by atoms with Crippen molar-refractivity contribution in [1.82, 2.24) is 9.78 Å². The molecule has 1 N–H and O–H groups in total. The van der Waals surface area contributed by atoms with Gasteiger partial charge in [-0.1, -0.05) is 0 Å². The Morgan fingerprint density at radius 3 is 2.40 bits per heavy atom. The van der Waals surface area contributed by atoms with Gasteiger partial charge < -0.3 is 14.8 Å². The van der Waals surface area contributed by atoms with Crippen molar-refractivity contribution < 1.29 is 32.6 Å². The summed E-state index contributed by atoms with van der Waals surface area (Å²) in [6, 6.07) is 1.10. The molecule has 1 amide bonds. The number of nitrogens with one attached hydrogen (secondary N) is 1. The largest absolute Gasteiger partial charge is 0.465 e. The fourth-order valence-corrected chi connectivity index (χ4v) is 3.08. The molecule has 0 unspecified atom stereocenters. The molecule has 8 nitrogen and oxygen atoms in total. The van der Waals surface area contributed by atoms with Crippen LogP contribution in [0.3, 0.4) is 0 Å². The molecule has 0 bridgehead atoms. The quantitative estimate of drug-likeness (QED) is 0.809. The van der Waals surface area contributed by atoms with Crippen LogP contribution in [0.4, 0.5) is 13.8 Å². The molecule has 134 valence electrons. The number of thiophene rings is 1. The highest BCUT2D eigenvalue weighted by atomic mass is 32.1. The molecule has 0 aliphatic carbocycles. The summed E-state index contributed by atoms with van der Waals surface area (Å²) in [4.78, 5) is 36.0. The van der Waals surface area contributed by atoms with Crippen LogP contribution in [-0.2, 0) is 9.47 Å². The Labute approximate surface area is 144 Å². The summed E-state index contributed by atoms with van der Waals surface area (Å²) in [6.07, 6.45) is 0.945. The molecule has 0 saturated heterocycles. The van der Waals surface area contributed by atoms with E-state index in [1.807, 2.05) is 0 Å². The van der Waals surface area contributed by atoms with Gasteiger partial charge in [-0.2, -0.15) is 13.9 Å². The molecule has 2 heterocycles. The standard InChI is InChI=1S/C14H13F2N3O5S/c1-6-8(12(21)23-2)11(25-9(6)13(22)24-3)17-10(20)7-4-5-19(18-7)14(15)16/h4-5,14H,1-3H3,(H,17,20). The lowest BCUT2D eigenvalue weighted by molar-refractivity contribution is 0.0559. The number of anilines is 1. The molecule has 0 spiro atoms. The van der Waals surface area contributed by atoms with Crippen LogP contribution in [-0.4, -0.2) is 41.8 Å². The van der Waals surface area contributed by atoms with E-state index in [4.69, 9.17) is 0 Å². The van der Waals surface area contributed by atoms with Crippen molar-refractivity contribution in [3.8, 4) is 0 Å². The molecule has 0 radical (unpaired) electrons. The van der Waals surface area contributed by atoms with Gasteiger partial charge in [0, 0.05) is 6.20 Å². The topological polar surface area (TPSA) is 99.5 Å². The average Bonchev–Trinajstić information content (AvgIpc) is 3.19. The summed E-state index contributed by atoms with van der Waals surface area (Å²) in [5, 5.41) is 5.85. The number of hydrogen-bond donors (Lipinski definition) is 1.